The number of benzene rings is 1. The standard InChI is InChI=1S/C15H23F2NO/c1-3-9-18-14(8-10-19-11-15(16)17)13-6-4-12(2)5-7-13/h4-7,14-15,18H,3,8-11H2,1-2H3. The lowest BCUT2D eigenvalue weighted by Gasteiger charge is -2.19. The summed E-state index contributed by atoms with van der Waals surface area (Å²) in [6, 6.07) is 8.45. The molecule has 108 valence electrons. The van der Waals surface area contributed by atoms with Crippen LogP contribution < -0.4 is 5.32 Å². The maximum absolute atomic E-state index is 12.0. The van der Waals surface area contributed by atoms with Gasteiger partial charge in [-0.2, -0.15) is 0 Å². The van der Waals surface area contributed by atoms with Crippen LogP contribution in [0.25, 0.3) is 0 Å². The topological polar surface area (TPSA) is 21.3 Å². The monoisotopic (exact) mass is 271 g/mol. The Morgan fingerprint density at radius 1 is 1.21 bits per heavy atom. The smallest absolute Gasteiger partial charge is 0.261 e. The zero-order valence-electron chi connectivity index (χ0n) is 11.7. The molecule has 0 fully saturated rings. The highest BCUT2D eigenvalue weighted by Crippen LogP contribution is 2.17. The highest BCUT2D eigenvalue weighted by Gasteiger charge is 2.11. The summed E-state index contributed by atoms with van der Waals surface area (Å²) >= 11 is 0. The summed E-state index contributed by atoms with van der Waals surface area (Å²) in [4.78, 5) is 0. The molecule has 0 aromatic heterocycles. The SMILES string of the molecule is CCCNC(CCOCC(F)F)c1ccc(C)cc1. The molecule has 1 aromatic rings. The van der Waals surface area contributed by atoms with Crippen molar-refractivity contribution in [3.05, 3.63) is 35.4 Å². The maximum Gasteiger partial charge on any atom is 0.261 e. The Hall–Kier alpha value is -1.00. The van der Waals surface area contributed by atoms with Crippen LogP contribution in [0.2, 0.25) is 0 Å². The van der Waals surface area contributed by atoms with Gasteiger partial charge in [-0.25, -0.2) is 8.78 Å². The first kappa shape index (κ1) is 16.1. The minimum atomic E-state index is -2.39. The second kappa shape index (κ2) is 8.99. The Labute approximate surface area is 114 Å². The molecule has 0 amide bonds. The first-order valence-corrected chi connectivity index (χ1v) is 6.79. The lowest BCUT2D eigenvalue weighted by Crippen LogP contribution is -2.24. The van der Waals surface area contributed by atoms with Crippen molar-refractivity contribution in [3.8, 4) is 0 Å². The van der Waals surface area contributed by atoms with Crippen LogP contribution in [0.5, 0.6) is 0 Å². The van der Waals surface area contributed by atoms with Crippen molar-refractivity contribution in [1.82, 2.24) is 5.32 Å². The molecular formula is C15H23F2NO. The predicted molar refractivity (Wildman–Crippen MR) is 73.7 cm³/mol. The van der Waals surface area contributed by atoms with Crippen molar-refractivity contribution in [2.75, 3.05) is 19.8 Å². The van der Waals surface area contributed by atoms with E-state index in [1.807, 2.05) is 6.92 Å². The van der Waals surface area contributed by atoms with Gasteiger partial charge in [-0.1, -0.05) is 36.8 Å². The number of nitrogens with one attached hydrogen (secondary N) is 1. The van der Waals surface area contributed by atoms with Crippen molar-refractivity contribution in [2.45, 2.75) is 39.2 Å². The molecule has 0 aliphatic carbocycles. The van der Waals surface area contributed by atoms with E-state index >= 15 is 0 Å². The summed E-state index contributed by atoms with van der Waals surface area (Å²) < 4.78 is 28.9. The van der Waals surface area contributed by atoms with Crippen molar-refractivity contribution in [1.29, 1.82) is 0 Å². The fraction of sp³-hybridized carbons (Fsp3) is 0.600. The van der Waals surface area contributed by atoms with Crippen molar-refractivity contribution in [2.24, 2.45) is 0 Å². The molecule has 19 heavy (non-hydrogen) atoms. The summed E-state index contributed by atoms with van der Waals surface area (Å²) in [6.07, 6.45) is -0.642. The Morgan fingerprint density at radius 3 is 2.47 bits per heavy atom. The fourth-order valence-corrected chi connectivity index (χ4v) is 1.88. The molecule has 1 N–H and O–H groups in total. The van der Waals surface area contributed by atoms with E-state index in [0.29, 0.717) is 13.0 Å². The summed E-state index contributed by atoms with van der Waals surface area (Å²) in [5.41, 5.74) is 2.40. The van der Waals surface area contributed by atoms with Gasteiger partial charge in [0.25, 0.3) is 6.43 Å². The Balaban J connectivity index is 2.48. The number of hydrogen-bond acceptors (Lipinski definition) is 2. The summed E-state index contributed by atoms with van der Waals surface area (Å²) in [7, 11) is 0. The average Bonchev–Trinajstić information content (AvgIpc) is 2.39. The minimum Gasteiger partial charge on any atom is -0.375 e. The number of alkyl halides is 2. The Bertz CT molecular complexity index is 341. The van der Waals surface area contributed by atoms with Gasteiger partial charge in [-0.15, -0.1) is 0 Å². The quantitative estimate of drug-likeness (QED) is 0.691. The molecule has 1 rings (SSSR count). The molecule has 0 aliphatic rings. The molecule has 0 radical (unpaired) electrons. The van der Waals surface area contributed by atoms with Gasteiger partial charge in [0, 0.05) is 12.6 Å². The van der Waals surface area contributed by atoms with Gasteiger partial charge >= 0.3 is 0 Å². The third kappa shape index (κ3) is 6.64. The van der Waals surface area contributed by atoms with E-state index in [-0.39, 0.29) is 6.04 Å². The highest BCUT2D eigenvalue weighted by atomic mass is 19.3. The van der Waals surface area contributed by atoms with Gasteiger partial charge in [0.1, 0.15) is 6.61 Å². The van der Waals surface area contributed by atoms with Crippen molar-refractivity contribution >= 4 is 0 Å². The van der Waals surface area contributed by atoms with Crippen LogP contribution in [0, 0.1) is 6.92 Å². The van der Waals surface area contributed by atoms with Crippen LogP contribution in [0.3, 0.4) is 0 Å². The van der Waals surface area contributed by atoms with Crippen molar-refractivity contribution < 1.29 is 13.5 Å². The van der Waals surface area contributed by atoms with Crippen LogP contribution in [0.4, 0.5) is 8.78 Å². The molecule has 1 aromatic carbocycles. The van der Waals surface area contributed by atoms with E-state index in [1.165, 1.54) is 11.1 Å². The van der Waals surface area contributed by atoms with Gasteiger partial charge in [0.05, 0.1) is 0 Å². The second-order valence-electron chi connectivity index (χ2n) is 4.67. The third-order valence-corrected chi connectivity index (χ3v) is 2.92. The Morgan fingerprint density at radius 2 is 1.89 bits per heavy atom. The highest BCUT2D eigenvalue weighted by molar-refractivity contribution is 5.24. The molecule has 4 heteroatoms. The molecule has 0 spiro atoms. The number of aryl methyl sites for hydroxylation is 1. The molecule has 0 saturated carbocycles. The van der Waals surface area contributed by atoms with Crippen LogP contribution in [0.15, 0.2) is 24.3 Å². The summed E-state index contributed by atoms with van der Waals surface area (Å²) in [5.74, 6) is 0. The molecule has 0 heterocycles. The zero-order chi connectivity index (χ0) is 14.1. The first-order chi connectivity index (χ1) is 9.13. The third-order valence-electron chi connectivity index (χ3n) is 2.92. The number of rotatable bonds is 9. The van der Waals surface area contributed by atoms with E-state index in [0.717, 1.165) is 13.0 Å². The molecule has 0 saturated heterocycles. The average molecular weight is 271 g/mol. The molecular weight excluding hydrogens is 248 g/mol. The van der Waals surface area contributed by atoms with Crippen LogP contribution in [-0.4, -0.2) is 26.2 Å². The maximum atomic E-state index is 12.0. The van der Waals surface area contributed by atoms with Crippen LogP contribution in [-0.2, 0) is 4.74 Å². The molecule has 2 nitrogen and oxygen atoms in total. The van der Waals surface area contributed by atoms with Gasteiger partial charge in [0.2, 0.25) is 0 Å². The molecule has 1 atom stereocenters. The van der Waals surface area contributed by atoms with Gasteiger partial charge in [-0.3, -0.25) is 0 Å². The fourth-order valence-electron chi connectivity index (χ4n) is 1.88. The van der Waals surface area contributed by atoms with Crippen molar-refractivity contribution in [3.63, 3.8) is 0 Å². The molecule has 0 aliphatic heterocycles. The second-order valence-corrected chi connectivity index (χ2v) is 4.67. The van der Waals surface area contributed by atoms with Gasteiger partial charge in [-0.05, 0) is 31.9 Å². The van der Waals surface area contributed by atoms with E-state index in [1.54, 1.807) is 0 Å². The van der Waals surface area contributed by atoms with E-state index in [9.17, 15) is 8.78 Å². The predicted octanol–water partition coefficient (Wildman–Crippen LogP) is 3.71. The van der Waals surface area contributed by atoms with Crippen LogP contribution in [0.1, 0.15) is 36.9 Å². The zero-order valence-corrected chi connectivity index (χ0v) is 11.7. The summed E-state index contributed by atoms with van der Waals surface area (Å²) in [5, 5.41) is 3.43. The largest absolute Gasteiger partial charge is 0.375 e. The Kier molecular flexibility index (Phi) is 7.60. The van der Waals surface area contributed by atoms with E-state index in [2.05, 4.69) is 36.5 Å². The number of ether oxygens (including phenoxy) is 1. The molecule has 1 unspecified atom stereocenters. The summed E-state index contributed by atoms with van der Waals surface area (Å²) in [6.45, 7) is 4.93. The van der Waals surface area contributed by atoms with Crippen LogP contribution >= 0.6 is 0 Å². The van der Waals surface area contributed by atoms with E-state index in [4.69, 9.17) is 4.74 Å². The van der Waals surface area contributed by atoms with Gasteiger partial charge in [0.15, 0.2) is 0 Å². The van der Waals surface area contributed by atoms with Gasteiger partial charge < -0.3 is 10.1 Å². The lowest BCUT2D eigenvalue weighted by molar-refractivity contribution is 0.0143. The number of hydrogen-bond donors (Lipinski definition) is 1. The number of halogens is 2. The molecule has 0 bridgehead atoms. The first-order valence-electron chi connectivity index (χ1n) is 6.79. The normalized spacial score (nSPS) is 12.9. The minimum absolute atomic E-state index is 0.165. The lowest BCUT2D eigenvalue weighted by atomic mass is 10.0. The van der Waals surface area contributed by atoms with E-state index < -0.39 is 13.0 Å².